The highest BCUT2D eigenvalue weighted by Crippen LogP contribution is 2.27. The Hall–Kier alpha value is 0.01000. The predicted molar refractivity (Wildman–Crippen MR) is 26.3 cm³/mol. The second kappa shape index (κ2) is 2.73. The summed E-state index contributed by atoms with van der Waals surface area (Å²) in [6.07, 6.45) is -3.17. The van der Waals surface area contributed by atoms with Crippen molar-refractivity contribution in [3.63, 3.8) is 0 Å². The van der Waals surface area contributed by atoms with E-state index in [-0.39, 0.29) is 0 Å². The molecule has 56 valence electrons. The van der Waals surface area contributed by atoms with Crippen LogP contribution in [-0.2, 0) is 0 Å². The predicted octanol–water partition coefficient (Wildman–Crippen LogP) is 2.51. The van der Waals surface area contributed by atoms with Crippen molar-refractivity contribution in [2.24, 2.45) is 0 Å². The van der Waals surface area contributed by atoms with E-state index in [9.17, 15) is 17.6 Å². The number of alkyl halides is 5. The Morgan fingerprint density at radius 2 is 1.67 bits per heavy atom. The minimum absolute atomic E-state index is 0.358. The summed E-state index contributed by atoms with van der Waals surface area (Å²) in [5.74, 6) is -3.50. The van der Waals surface area contributed by atoms with E-state index in [1.807, 2.05) is 0 Å². The summed E-state index contributed by atoms with van der Waals surface area (Å²) in [4.78, 5) is 0. The number of hydrogen-bond acceptors (Lipinski definition) is 0. The molecule has 0 heterocycles. The Balaban J connectivity index is 3.88. The van der Waals surface area contributed by atoms with Crippen LogP contribution < -0.4 is 0 Å². The smallest absolute Gasteiger partial charge is 0.209 e. The lowest BCUT2D eigenvalue weighted by molar-refractivity contribution is -0.0325. The lowest BCUT2D eigenvalue weighted by atomic mass is 10.3. The summed E-state index contributed by atoms with van der Waals surface area (Å²) in [7, 11) is 0. The topological polar surface area (TPSA) is 0 Å². The molecular formula is C4H5ClF4. The summed E-state index contributed by atoms with van der Waals surface area (Å²) in [5.41, 5.74) is 0. The fourth-order valence-corrected chi connectivity index (χ4v) is 0.221. The quantitative estimate of drug-likeness (QED) is 0.435. The first-order chi connectivity index (χ1) is 3.85. The molecule has 0 radical (unpaired) electrons. The van der Waals surface area contributed by atoms with Crippen LogP contribution in [0.2, 0.25) is 0 Å². The van der Waals surface area contributed by atoms with Gasteiger partial charge in [-0.2, -0.15) is 0 Å². The molecule has 0 saturated heterocycles. The lowest BCUT2D eigenvalue weighted by Gasteiger charge is -2.15. The second-order valence-electron chi connectivity index (χ2n) is 1.69. The van der Waals surface area contributed by atoms with Gasteiger partial charge in [-0.3, -0.25) is 0 Å². The van der Waals surface area contributed by atoms with E-state index in [4.69, 9.17) is 0 Å². The van der Waals surface area contributed by atoms with Gasteiger partial charge in [0.05, 0.1) is 0 Å². The monoisotopic (exact) mass is 164 g/mol. The lowest BCUT2D eigenvalue weighted by Crippen LogP contribution is -2.31. The first-order valence-electron chi connectivity index (χ1n) is 2.15. The Labute approximate surface area is 54.8 Å². The molecule has 0 nitrogen and oxygen atoms in total. The first kappa shape index (κ1) is 9.01. The first-order valence-corrected chi connectivity index (χ1v) is 2.59. The van der Waals surface area contributed by atoms with Gasteiger partial charge in [0.25, 0.3) is 12.3 Å². The van der Waals surface area contributed by atoms with Crippen LogP contribution in [-0.4, -0.2) is 17.7 Å². The van der Waals surface area contributed by atoms with Gasteiger partial charge in [0.15, 0.2) is 5.38 Å². The van der Waals surface area contributed by atoms with Crippen LogP contribution >= 0.6 is 11.6 Å². The maximum Gasteiger partial charge on any atom is 0.267 e. The van der Waals surface area contributed by atoms with Gasteiger partial charge >= 0.3 is 0 Å². The van der Waals surface area contributed by atoms with Crippen LogP contribution in [0.3, 0.4) is 0 Å². The standard InChI is InChI=1S/C4H5ClF4/c1-4(8,9)2(5)3(6)7/h2-3H,1H3. The van der Waals surface area contributed by atoms with Crippen LogP contribution in [0, 0.1) is 0 Å². The van der Waals surface area contributed by atoms with Gasteiger partial charge in [0, 0.05) is 6.92 Å². The molecule has 0 aromatic heterocycles. The van der Waals surface area contributed by atoms with Gasteiger partial charge in [-0.15, -0.1) is 11.6 Å². The van der Waals surface area contributed by atoms with Crippen molar-refractivity contribution in [1.29, 1.82) is 0 Å². The van der Waals surface area contributed by atoms with Crippen molar-refractivity contribution in [2.75, 3.05) is 0 Å². The minimum Gasteiger partial charge on any atom is -0.209 e. The van der Waals surface area contributed by atoms with Crippen molar-refractivity contribution in [2.45, 2.75) is 24.6 Å². The number of halogens is 5. The highest BCUT2D eigenvalue weighted by atomic mass is 35.5. The maximum absolute atomic E-state index is 11.8. The Morgan fingerprint density at radius 1 is 1.33 bits per heavy atom. The number of hydrogen-bond donors (Lipinski definition) is 0. The molecule has 0 amide bonds. The third kappa shape index (κ3) is 2.89. The van der Waals surface area contributed by atoms with Crippen LogP contribution in [0.5, 0.6) is 0 Å². The normalized spacial score (nSPS) is 16.3. The molecule has 1 unspecified atom stereocenters. The van der Waals surface area contributed by atoms with Crippen molar-refractivity contribution in [1.82, 2.24) is 0 Å². The molecule has 0 fully saturated rings. The average molecular weight is 165 g/mol. The van der Waals surface area contributed by atoms with Crippen LogP contribution in [0.25, 0.3) is 0 Å². The molecule has 0 aliphatic rings. The summed E-state index contributed by atoms with van der Waals surface area (Å²) in [6, 6.07) is 0. The van der Waals surface area contributed by atoms with Crippen molar-refractivity contribution in [3.8, 4) is 0 Å². The molecule has 5 heteroatoms. The molecule has 0 aromatic carbocycles. The summed E-state index contributed by atoms with van der Waals surface area (Å²) < 4.78 is 46.1. The van der Waals surface area contributed by atoms with Crippen LogP contribution in [0.15, 0.2) is 0 Å². The molecule has 1 atom stereocenters. The zero-order chi connectivity index (χ0) is 7.65. The minimum atomic E-state index is -3.50. The Bertz CT molecular complexity index is 87.1. The molecule has 0 N–H and O–H groups in total. The molecule has 0 saturated carbocycles. The third-order valence-electron chi connectivity index (χ3n) is 0.705. The second-order valence-corrected chi connectivity index (χ2v) is 2.16. The van der Waals surface area contributed by atoms with Gasteiger partial charge < -0.3 is 0 Å². The van der Waals surface area contributed by atoms with E-state index < -0.39 is 17.7 Å². The molecule has 0 aliphatic heterocycles. The van der Waals surface area contributed by atoms with E-state index in [0.717, 1.165) is 0 Å². The van der Waals surface area contributed by atoms with E-state index in [2.05, 4.69) is 11.6 Å². The highest BCUT2D eigenvalue weighted by molar-refractivity contribution is 6.21. The summed E-state index contributed by atoms with van der Waals surface area (Å²) in [6.45, 7) is 0.358. The van der Waals surface area contributed by atoms with E-state index in [1.54, 1.807) is 0 Å². The molecule has 0 bridgehead atoms. The van der Waals surface area contributed by atoms with Crippen LogP contribution in [0.1, 0.15) is 6.92 Å². The molecule has 9 heavy (non-hydrogen) atoms. The Kier molecular flexibility index (Phi) is 2.73. The van der Waals surface area contributed by atoms with Gasteiger partial charge in [-0.25, -0.2) is 17.6 Å². The van der Waals surface area contributed by atoms with Gasteiger partial charge in [-0.1, -0.05) is 0 Å². The van der Waals surface area contributed by atoms with Gasteiger partial charge in [0.1, 0.15) is 0 Å². The zero-order valence-electron chi connectivity index (χ0n) is 4.54. The van der Waals surface area contributed by atoms with Crippen molar-refractivity contribution >= 4 is 11.6 Å². The largest absolute Gasteiger partial charge is 0.267 e. The third-order valence-corrected chi connectivity index (χ3v) is 1.28. The fourth-order valence-electron chi connectivity index (χ4n) is 0.221. The highest BCUT2D eigenvalue weighted by Gasteiger charge is 2.39. The van der Waals surface area contributed by atoms with Crippen molar-refractivity contribution < 1.29 is 17.6 Å². The van der Waals surface area contributed by atoms with E-state index in [1.165, 1.54) is 0 Å². The molecular weight excluding hydrogens is 159 g/mol. The number of rotatable bonds is 2. The zero-order valence-corrected chi connectivity index (χ0v) is 5.30. The van der Waals surface area contributed by atoms with Gasteiger partial charge in [0.2, 0.25) is 0 Å². The summed E-state index contributed by atoms with van der Waals surface area (Å²) in [5, 5.41) is -2.38. The molecule has 0 aromatic rings. The molecule has 0 aliphatic carbocycles. The van der Waals surface area contributed by atoms with Crippen molar-refractivity contribution in [3.05, 3.63) is 0 Å². The van der Waals surface area contributed by atoms with Gasteiger partial charge in [-0.05, 0) is 0 Å². The molecule has 0 rings (SSSR count). The SMILES string of the molecule is CC(F)(F)C(Cl)C(F)F. The summed E-state index contributed by atoms with van der Waals surface area (Å²) >= 11 is 4.59. The fraction of sp³-hybridized carbons (Fsp3) is 1.00. The maximum atomic E-state index is 11.8. The van der Waals surface area contributed by atoms with E-state index >= 15 is 0 Å². The Morgan fingerprint density at radius 3 is 1.67 bits per heavy atom. The van der Waals surface area contributed by atoms with E-state index in [0.29, 0.717) is 6.92 Å². The van der Waals surface area contributed by atoms with Crippen LogP contribution in [0.4, 0.5) is 17.6 Å². The molecule has 0 spiro atoms. The average Bonchev–Trinajstić information content (AvgIpc) is 1.62.